The first-order valence-corrected chi connectivity index (χ1v) is 5.93. The zero-order valence-electron chi connectivity index (χ0n) is 9.49. The molecule has 0 spiro atoms. The van der Waals surface area contributed by atoms with E-state index in [0.29, 0.717) is 10.9 Å². The Balaban J connectivity index is 2.32. The lowest BCUT2D eigenvalue weighted by molar-refractivity contribution is 0.289. The van der Waals surface area contributed by atoms with Crippen LogP contribution in [0, 0.1) is 17.8 Å². The van der Waals surface area contributed by atoms with Gasteiger partial charge in [0.1, 0.15) is 0 Å². The monoisotopic (exact) mass is 214 g/mol. The zero-order chi connectivity index (χ0) is 10.7. The summed E-state index contributed by atoms with van der Waals surface area (Å²) < 4.78 is 0. The van der Waals surface area contributed by atoms with Crippen LogP contribution in [0.25, 0.3) is 0 Å². The maximum absolute atomic E-state index is 5.61. The molecule has 1 fully saturated rings. The molecule has 2 nitrogen and oxygen atoms in total. The van der Waals surface area contributed by atoms with Crippen LogP contribution in [0.15, 0.2) is 0 Å². The van der Waals surface area contributed by atoms with Crippen LogP contribution < -0.4 is 5.73 Å². The molecule has 14 heavy (non-hydrogen) atoms. The number of likely N-dealkylation sites (tertiary alicyclic amines) is 1. The Bertz CT molecular complexity index is 203. The van der Waals surface area contributed by atoms with Crippen LogP contribution in [-0.2, 0) is 0 Å². The van der Waals surface area contributed by atoms with Crippen molar-refractivity contribution in [2.45, 2.75) is 27.2 Å². The van der Waals surface area contributed by atoms with E-state index in [2.05, 4.69) is 25.7 Å². The summed E-state index contributed by atoms with van der Waals surface area (Å²) in [5.74, 6) is 2.03. The summed E-state index contributed by atoms with van der Waals surface area (Å²) >= 11 is 4.98. The highest BCUT2D eigenvalue weighted by molar-refractivity contribution is 7.80. The normalized spacial score (nSPS) is 25.6. The highest BCUT2D eigenvalue weighted by Crippen LogP contribution is 2.24. The Morgan fingerprint density at radius 1 is 1.50 bits per heavy atom. The average Bonchev–Trinajstić information content (AvgIpc) is 2.52. The van der Waals surface area contributed by atoms with Crippen molar-refractivity contribution in [1.82, 2.24) is 4.90 Å². The second-order valence-electron chi connectivity index (χ2n) is 4.86. The van der Waals surface area contributed by atoms with Gasteiger partial charge in [-0.25, -0.2) is 0 Å². The summed E-state index contributed by atoms with van der Waals surface area (Å²) in [6.45, 7) is 10.2. The summed E-state index contributed by atoms with van der Waals surface area (Å²) in [5, 5.41) is 0. The van der Waals surface area contributed by atoms with Gasteiger partial charge in [-0.15, -0.1) is 0 Å². The molecular formula is C11H22N2S. The Kier molecular flexibility index (Phi) is 4.32. The highest BCUT2D eigenvalue weighted by atomic mass is 32.1. The summed E-state index contributed by atoms with van der Waals surface area (Å²) in [7, 11) is 0. The van der Waals surface area contributed by atoms with Gasteiger partial charge in [-0.2, -0.15) is 0 Å². The topological polar surface area (TPSA) is 29.3 Å². The smallest absolute Gasteiger partial charge is 0.0768 e. The van der Waals surface area contributed by atoms with E-state index in [4.69, 9.17) is 18.0 Å². The van der Waals surface area contributed by atoms with E-state index in [1.54, 1.807) is 0 Å². The molecule has 0 amide bonds. The van der Waals surface area contributed by atoms with Crippen LogP contribution in [0.4, 0.5) is 0 Å². The number of nitrogens with two attached hydrogens (primary N) is 1. The summed E-state index contributed by atoms with van der Waals surface area (Å²) in [4.78, 5) is 3.15. The van der Waals surface area contributed by atoms with Crippen molar-refractivity contribution in [1.29, 1.82) is 0 Å². The molecule has 0 radical (unpaired) electrons. The van der Waals surface area contributed by atoms with Crippen LogP contribution in [0.1, 0.15) is 27.2 Å². The largest absolute Gasteiger partial charge is 0.393 e. The number of hydrogen-bond donors (Lipinski definition) is 1. The first-order valence-electron chi connectivity index (χ1n) is 5.52. The van der Waals surface area contributed by atoms with Crippen LogP contribution in [-0.4, -0.2) is 29.5 Å². The first kappa shape index (κ1) is 11.9. The Morgan fingerprint density at radius 3 is 2.57 bits per heavy atom. The fourth-order valence-corrected chi connectivity index (χ4v) is 2.12. The zero-order valence-corrected chi connectivity index (χ0v) is 10.3. The summed E-state index contributed by atoms with van der Waals surface area (Å²) in [5.41, 5.74) is 5.61. The predicted octanol–water partition coefficient (Wildman–Crippen LogP) is 1.89. The third-order valence-electron chi connectivity index (χ3n) is 3.27. The van der Waals surface area contributed by atoms with Gasteiger partial charge in [-0.1, -0.05) is 33.0 Å². The van der Waals surface area contributed by atoms with Gasteiger partial charge < -0.3 is 10.6 Å². The van der Waals surface area contributed by atoms with E-state index >= 15 is 0 Å². The van der Waals surface area contributed by atoms with E-state index in [1.807, 2.05) is 0 Å². The third-order valence-corrected chi connectivity index (χ3v) is 3.67. The van der Waals surface area contributed by atoms with Crippen LogP contribution in [0.2, 0.25) is 0 Å². The molecule has 2 N–H and O–H groups in total. The first-order chi connectivity index (χ1) is 6.50. The molecule has 1 saturated heterocycles. The molecule has 0 bridgehead atoms. The van der Waals surface area contributed by atoms with E-state index in [1.165, 1.54) is 19.5 Å². The minimum atomic E-state index is 0.357. The lowest BCUT2D eigenvalue weighted by Gasteiger charge is -2.21. The van der Waals surface area contributed by atoms with Gasteiger partial charge in [-0.05, 0) is 24.8 Å². The molecule has 1 rings (SSSR count). The average molecular weight is 214 g/mol. The molecule has 1 aliphatic heterocycles. The molecule has 0 aromatic heterocycles. The number of thiocarbonyl (C=S) groups is 1. The van der Waals surface area contributed by atoms with Crippen molar-refractivity contribution >= 4 is 17.2 Å². The molecule has 0 aromatic carbocycles. The van der Waals surface area contributed by atoms with Gasteiger partial charge >= 0.3 is 0 Å². The van der Waals surface area contributed by atoms with Gasteiger partial charge in [0, 0.05) is 19.0 Å². The van der Waals surface area contributed by atoms with Crippen LogP contribution >= 0.6 is 12.2 Å². The maximum atomic E-state index is 5.61. The summed E-state index contributed by atoms with van der Waals surface area (Å²) in [6, 6.07) is 0. The molecule has 2 atom stereocenters. The van der Waals surface area contributed by atoms with Gasteiger partial charge in [0.25, 0.3) is 0 Å². The third kappa shape index (κ3) is 3.21. The minimum Gasteiger partial charge on any atom is -0.393 e. The van der Waals surface area contributed by atoms with Crippen LogP contribution in [0.5, 0.6) is 0 Å². The van der Waals surface area contributed by atoms with E-state index < -0.39 is 0 Å². The van der Waals surface area contributed by atoms with E-state index in [9.17, 15) is 0 Å². The van der Waals surface area contributed by atoms with Gasteiger partial charge in [-0.3, -0.25) is 0 Å². The lowest BCUT2D eigenvalue weighted by atomic mass is 9.95. The second kappa shape index (κ2) is 5.08. The van der Waals surface area contributed by atoms with E-state index in [0.717, 1.165) is 18.4 Å². The molecular weight excluding hydrogens is 192 g/mol. The van der Waals surface area contributed by atoms with Crippen molar-refractivity contribution in [3.8, 4) is 0 Å². The standard InChI is InChI=1S/C11H22N2S/c1-8(2)10-4-5-13(7-10)6-9(3)11(12)14/h8-10H,4-7H2,1-3H3,(H2,12,14). The van der Waals surface area contributed by atoms with Crippen LogP contribution in [0.3, 0.4) is 0 Å². The molecule has 1 heterocycles. The maximum Gasteiger partial charge on any atom is 0.0768 e. The Morgan fingerprint density at radius 2 is 2.14 bits per heavy atom. The SMILES string of the molecule is CC(CN1CCC(C(C)C)C1)C(N)=S. The van der Waals surface area contributed by atoms with Gasteiger partial charge in [0.2, 0.25) is 0 Å². The van der Waals surface area contributed by atoms with Gasteiger partial charge in [0.15, 0.2) is 0 Å². The molecule has 1 aliphatic rings. The van der Waals surface area contributed by atoms with Crippen molar-refractivity contribution in [2.24, 2.45) is 23.5 Å². The van der Waals surface area contributed by atoms with Crippen molar-refractivity contribution in [3.63, 3.8) is 0 Å². The van der Waals surface area contributed by atoms with Crippen molar-refractivity contribution in [3.05, 3.63) is 0 Å². The number of rotatable bonds is 4. The number of hydrogen-bond acceptors (Lipinski definition) is 2. The minimum absolute atomic E-state index is 0.357. The molecule has 0 aliphatic carbocycles. The molecule has 82 valence electrons. The summed E-state index contributed by atoms with van der Waals surface area (Å²) in [6.07, 6.45) is 1.34. The predicted molar refractivity (Wildman–Crippen MR) is 65.3 cm³/mol. The molecule has 3 heteroatoms. The Hall–Kier alpha value is -0.150. The fourth-order valence-electron chi connectivity index (χ4n) is 2.05. The van der Waals surface area contributed by atoms with Crippen molar-refractivity contribution < 1.29 is 0 Å². The fraction of sp³-hybridized carbons (Fsp3) is 0.909. The van der Waals surface area contributed by atoms with Gasteiger partial charge in [0.05, 0.1) is 4.99 Å². The second-order valence-corrected chi connectivity index (χ2v) is 5.33. The molecule has 0 saturated carbocycles. The molecule has 0 aromatic rings. The van der Waals surface area contributed by atoms with Crippen molar-refractivity contribution in [2.75, 3.05) is 19.6 Å². The lowest BCUT2D eigenvalue weighted by Crippen LogP contribution is -2.32. The molecule has 2 unspecified atom stereocenters. The highest BCUT2D eigenvalue weighted by Gasteiger charge is 2.25. The number of nitrogens with zero attached hydrogens (tertiary/aromatic N) is 1. The Labute approximate surface area is 92.8 Å². The quantitative estimate of drug-likeness (QED) is 0.725. The van der Waals surface area contributed by atoms with E-state index in [-0.39, 0.29) is 0 Å².